The summed E-state index contributed by atoms with van der Waals surface area (Å²) in [6, 6.07) is 12.1. The van der Waals surface area contributed by atoms with E-state index >= 15 is 0 Å². The van der Waals surface area contributed by atoms with Gasteiger partial charge in [-0.2, -0.15) is 0 Å². The molecule has 19 heavy (non-hydrogen) atoms. The number of rotatable bonds is 3. The number of benzene rings is 1. The molecule has 1 atom stereocenters. The van der Waals surface area contributed by atoms with Gasteiger partial charge in [0.05, 0.1) is 12.8 Å². The molecule has 0 fully saturated rings. The maximum absolute atomic E-state index is 5.80. The molecule has 0 bridgehead atoms. The van der Waals surface area contributed by atoms with Crippen molar-refractivity contribution in [2.45, 2.75) is 12.5 Å². The quantitative estimate of drug-likeness (QED) is 0.811. The molecule has 1 unspecified atom stereocenters. The molecule has 0 saturated carbocycles. The first-order valence-corrected chi connectivity index (χ1v) is 7.06. The van der Waals surface area contributed by atoms with Crippen LogP contribution in [0.25, 0.3) is 0 Å². The van der Waals surface area contributed by atoms with E-state index in [1.165, 1.54) is 11.1 Å². The molecule has 2 heterocycles. The molecule has 1 aromatic carbocycles. The third kappa shape index (κ3) is 2.96. The highest BCUT2D eigenvalue weighted by atomic mass is 79.9. The van der Waals surface area contributed by atoms with Crippen molar-refractivity contribution in [3.8, 4) is 5.75 Å². The van der Waals surface area contributed by atoms with Gasteiger partial charge in [0.1, 0.15) is 23.1 Å². The fraction of sp³-hybridized carbons (Fsp3) is 0.267. The van der Waals surface area contributed by atoms with E-state index in [0.29, 0.717) is 6.61 Å². The van der Waals surface area contributed by atoms with Gasteiger partial charge in [-0.25, -0.2) is 4.98 Å². The third-order valence-electron chi connectivity index (χ3n) is 3.19. The summed E-state index contributed by atoms with van der Waals surface area (Å²) in [5, 5.41) is 0. The highest BCUT2D eigenvalue weighted by molar-refractivity contribution is 9.10. The van der Waals surface area contributed by atoms with Crippen LogP contribution in [0, 0.1) is 0 Å². The van der Waals surface area contributed by atoms with Crippen LogP contribution < -0.4 is 4.74 Å². The van der Waals surface area contributed by atoms with Crippen LogP contribution in [0.15, 0.2) is 47.2 Å². The van der Waals surface area contributed by atoms with Gasteiger partial charge in [0.2, 0.25) is 0 Å². The minimum atomic E-state index is 0.00796. The predicted molar refractivity (Wildman–Crippen MR) is 76.3 cm³/mol. The Morgan fingerprint density at radius 3 is 3.00 bits per heavy atom. The molecular weight excluding hydrogens is 306 g/mol. The van der Waals surface area contributed by atoms with E-state index in [9.17, 15) is 0 Å². The Labute approximate surface area is 120 Å². The van der Waals surface area contributed by atoms with Gasteiger partial charge in [0, 0.05) is 0 Å². The van der Waals surface area contributed by atoms with Gasteiger partial charge in [-0.3, -0.25) is 0 Å². The number of fused-ring (bicyclic) bond motifs is 1. The molecule has 3 nitrogen and oxygen atoms in total. The third-order valence-corrected chi connectivity index (χ3v) is 3.66. The van der Waals surface area contributed by atoms with Crippen LogP contribution in [0.5, 0.6) is 5.75 Å². The first-order chi connectivity index (χ1) is 9.33. The number of halogens is 1. The Kier molecular flexibility index (Phi) is 3.80. The van der Waals surface area contributed by atoms with Crippen molar-refractivity contribution in [3.63, 3.8) is 0 Å². The average Bonchev–Trinajstić information content (AvgIpc) is 2.47. The number of nitrogens with zero attached hydrogens (tertiary/aromatic N) is 1. The zero-order valence-electron chi connectivity index (χ0n) is 10.4. The summed E-state index contributed by atoms with van der Waals surface area (Å²) in [5.41, 5.74) is 2.59. The Morgan fingerprint density at radius 1 is 1.26 bits per heavy atom. The van der Waals surface area contributed by atoms with E-state index in [-0.39, 0.29) is 6.10 Å². The fourth-order valence-corrected chi connectivity index (χ4v) is 2.47. The summed E-state index contributed by atoms with van der Waals surface area (Å²) in [6.07, 6.45) is 2.69. The number of ether oxygens (including phenoxy) is 2. The van der Waals surface area contributed by atoms with Crippen LogP contribution in [0.4, 0.5) is 0 Å². The van der Waals surface area contributed by atoms with Crippen molar-refractivity contribution in [1.82, 2.24) is 4.98 Å². The lowest BCUT2D eigenvalue weighted by molar-refractivity contribution is 0.0101. The van der Waals surface area contributed by atoms with Gasteiger partial charge in [-0.05, 0) is 45.6 Å². The van der Waals surface area contributed by atoms with E-state index in [4.69, 9.17) is 9.47 Å². The molecule has 0 amide bonds. The molecule has 1 aliphatic heterocycles. The fourth-order valence-electron chi connectivity index (χ4n) is 2.23. The summed E-state index contributed by atoms with van der Waals surface area (Å²) in [5.74, 6) is 0.759. The molecule has 1 aromatic heterocycles. The monoisotopic (exact) mass is 319 g/mol. The second-order valence-electron chi connectivity index (χ2n) is 4.44. The zero-order chi connectivity index (χ0) is 13.1. The number of pyridine rings is 1. The first kappa shape index (κ1) is 12.6. The van der Waals surface area contributed by atoms with E-state index in [1.807, 2.05) is 18.2 Å². The molecule has 1 aliphatic rings. The van der Waals surface area contributed by atoms with Crippen molar-refractivity contribution >= 4 is 15.9 Å². The second kappa shape index (κ2) is 5.72. The topological polar surface area (TPSA) is 31.4 Å². The van der Waals surface area contributed by atoms with Crippen LogP contribution in [-0.2, 0) is 11.2 Å². The van der Waals surface area contributed by atoms with Crippen molar-refractivity contribution in [3.05, 3.63) is 58.3 Å². The van der Waals surface area contributed by atoms with Crippen LogP contribution in [0.2, 0.25) is 0 Å². The minimum absolute atomic E-state index is 0.00796. The molecule has 0 aliphatic carbocycles. The van der Waals surface area contributed by atoms with E-state index in [2.05, 4.69) is 39.1 Å². The molecule has 98 valence electrons. The van der Waals surface area contributed by atoms with Crippen LogP contribution >= 0.6 is 15.9 Å². The molecule has 0 N–H and O–H groups in total. The van der Waals surface area contributed by atoms with E-state index < -0.39 is 0 Å². The normalized spacial score (nSPS) is 17.8. The molecule has 4 heteroatoms. The maximum Gasteiger partial charge on any atom is 0.137 e. The number of hydrogen-bond acceptors (Lipinski definition) is 3. The molecule has 0 saturated heterocycles. The van der Waals surface area contributed by atoms with Gasteiger partial charge < -0.3 is 9.47 Å². The molecule has 0 radical (unpaired) electrons. The lowest BCUT2D eigenvalue weighted by Crippen LogP contribution is -2.21. The molecule has 3 rings (SSSR count). The largest absolute Gasteiger partial charge is 0.489 e. The van der Waals surface area contributed by atoms with Crippen molar-refractivity contribution in [2.75, 3.05) is 13.2 Å². The predicted octanol–water partition coefficient (Wildman–Crippen LogP) is 3.54. The summed E-state index contributed by atoms with van der Waals surface area (Å²) in [7, 11) is 0. The average molecular weight is 320 g/mol. The Hall–Kier alpha value is -1.39. The molecule has 0 spiro atoms. The van der Waals surface area contributed by atoms with Gasteiger partial charge in [0.15, 0.2) is 0 Å². The maximum atomic E-state index is 5.80. The highest BCUT2D eigenvalue weighted by Gasteiger charge is 2.20. The van der Waals surface area contributed by atoms with Gasteiger partial charge >= 0.3 is 0 Å². The second-order valence-corrected chi connectivity index (χ2v) is 5.25. The lowest BCUT2D eigenvalue weighted by atomic mass is 9.98. The Balaban J connectivity index is 1.69. The Morgan fingerprint density at radius 2 is 2.16 bits per heavy atom. The lowest BCUT2D eigenvalue weighted by Gasteiger charge is -2.25. The van der Waals surface area contributed by atoms with Crippen LogP contribution in [-0.4, -0.2) is 18.2 Å². The summed E-state index contributed by atoms with van der Waals surface area (Å²) in [4.78, 5) is 4.14. The van der Waals surface area contributed by atoms with Gasteiger partial charge in [-0.15, -0.1) is 0 Å². The Bertz CT molecular complexity index is 556. The van der Waals surface area contributed by atoms with Gasteiger partial charge in [0.25, 0.3) is 0 Å². The first-order valence-electron chi connectivity index (χ1n) is 6.27. The standard InChI is InChI=1S/C15H14BrNO2/c16-15-6-5-12(9-17-15)19-10-14-13-4-2-1-3-11(13)7-8-18-14/h1-6,9,14H,7-8,10H2. The van der Waals surface area contributed by atoms with Crippen molar-refractivity contribution in [1.29, 1.82) is 0 Å². The van der Waals surface area contributed by atoms with E-state index in [1.54, 1.807) is 6.20 Å². The highest BCUT2D eigenvalue weighted by Crippen LogP contribution is 2.27. The summed E-state index contributed by atoms with van der Waals surface area (Å²) >= 11 is 3.30. The van der Waals surface area contributed by atoms with Crippen LogP contribution in [0.1, 0.15) is 17.2 Å². The van der Waals surface area contributed by atoms with Crippen molar-refractivity contribution < 1.29 is 9.47 Å². The zero-order valence-corrected chi connectivity index (χ0v) is 12.0. The van der Waals surface area contributed by atoms with Crippen molar-refractivity contribution in [2.24, 2.45) is 0 Å². The number of hydrogen-bond donors (Lipinski definition) is 0. The molecule has 2 aromatic rings. The summed E-state index contributed by atoms with van der Waals surface area (Å²) < 4.78 is 12.3. The van der Waals surface area contributed by atoms with Gasteiger partial charge in [-0.1, -0.05) is 24.3 Å². The number of aromatic nitrogens is 1. The van der Waals surface area contributed by atoms with Crippen LogP contribution in [0.3, 0.4) is 0 Å². The smallest absolute Gasteiger partial charge is 0.137 e. The SMILES string of the molecule is Brc1ccc(OCC2OCCc3ccccc32)cn1. The van der Waals surface area contributed by atoms with E-state index in [0.717, 1.165) is 23.4 Å². The minimum Gasteiger partial charge on any atom is -0.489 e. The summed E-state index contributed by atoms with van der Waals surface area (Å²) in [6.45, 7) is 1.27. The molecular formula is C15H14BrNO2.